The molecule has 1 N–H and O–H groups in total. The Hall–Kier alpha value is -2.28. The van der Waals surface area contributed by atoms with Crippen LogP contribution in [-0.2, 0) is 11.3 Å². The average Bonchev–Trinajstić information content (AvgIpc) is 3.24. The molecule has 0 saturated carbocycles. The van der Waals surface area contributed by atoms with Gasteiger partial charge in [-0.15, -0.1) is 11.3 Å². The summed E-state index contributed by atoms with van der Waals surface area (Å²) in [6.07, 6.45) is 3.64. The van der Waals surface area contributed by atoms with E-state index in [2.05, 4.69) is 15.3 Å². The number of rotatable bonds is 4. The first-order valence-electron chi connectivity index (χ1n) is 7.53. The monoisotopic (exact) mass is 330 g/mol. The Bertz CT molecular complexity index is 685. The minimum Gasteiger partial charge on any atom is -0.352 e. The summed E-state index contributed by atoms with van der Waals surface area (Å²) < 4.78 is 0. The molecule has 120 valence electrons. The van der Waals surface area contributed by atoms with Gasteiger partial charge in [0.25, 0.3) is 5.91 Å². The van der Waals surface area contributed by atoms with Crippen molar-refractivity contribution in [3.63, 3.8) is 0 Å². The van der Waals surface area contributed by atoms with Crippen LogP contribution in [0.15, 0.2) is 29.2 Å². The first-order valence-corrected chi connectivity index (χ1v) is 8.48. The predicted octanol–water partition coefficient (Wildman–Crippen LogP) is 2.15. The Labute approximate surface area is 138 Å². The van der Waals surface area contributed by atoms with E-state index in [1.807, 2.05) is 17.0 Å². The SMILES string of the molecule is CC(=O)NCc1ccc(C2CCCN2C(=O)c2cscn2)nc1. The first kappa shape index (κ1) is 15.6. The van der Waals surface area contributed by atoms with E-state index in [0.29, 0.717) is 12.2 Å². The lowest BCUT2D eigenvalue weighted by Gasteiger charge is -2.23. The van der Waals surface area contributed by atoms with Crippen LogP contribution in [0.4, 0.5) is 0 Å². The van der Waals surface area contributed by atoms with Gasteiger partial charge in [-0.2, -0.15) is 0 Å². The summed E-state index contributed by atoms with van der Waals surface area (Å²) in [4.78, 5) is 33.9. The van der Waals surface area contributed by atoms with Crippen molar-refractivity contribution in [1.29, 1.82) is 0 Å². The number of hydrogen-bond donors (Lipinski definition) is 1. The zero-order valence-electron chi connectivity index (χ0n) is 12.9. The molecule has 0 spiro atoms. The minimum atomic E-state index is -0.0649. The zero-order valence-corrected chi connectivity index (χ0v) is 13.7. The van der Waals surface area contributed by atoms with E-state index in [0.717, 1.165) is 30.6 Å². The molecule has 1 aliphatic rings. The van der Waals surface area contributed by atoms with E-state index >= 15 is 0 Å². The summed E-state index contributed by atoms with van der Waals surface area (Å²) >= 11 is 1.42. The third-order valence-electron chi connectivity index (χ3n) is 3.90. The number of hydrogen-bond acceptors (Lipinski definition) is 5. The highest BCUT2D eigenvalue weighted by atomic mass is 32.1. The van der Waals surface area contributed by atoms with Crippen molar-refractivity contribution in [2.75, 3.05) is 6.54 Å². The van der Waals surface area contributed by atoms with Crippen molar-refractivity contribution in [2.24, 2.45) is 0 Å². The Morgan fingerprint density at radius 2 is 2.26 bits per heavy atom. The lowest BCUT2D eigenvalue weighted by Crippen LogP contribution is -2.31. The van der Waals surface area contributed by atoms with E-state index in [1.165, 1.54) is 18.3 Å². The van der Waals surface area contributed by atoms with Gasteiger partial charge < -0.3 is 10.2 Å². The molecule has 2 aromatic rings. The third kappa shape index (κ3) is 3.56. The van der Waals surface area contributed by atoms with Gasteiger partial charge in [-0.05, 0) is 24.5 Å². The molecule has 0 aliphatic carbocycles. The molecular formula is C16H18N4O2S. The van der Waals surface area contributed by atoms with Crippen molar-refractivity contribution < 1.29 is 9.59 Å². The van der Waals surface area contributed by atoms with Crippen molar-refractivity contribution in [3.8, 4) is 0 Å². The minimum absolute atomic E-state index is 0.000911. The molecule has 0 radical (unpaired) electrons. The number of carbonyl (C=O) groups excluding carboxylic acids is 2. The van der Waals surface area contributed by atoms with Gasteiger partial charge in [-0.3, -0.25) is 14.6 Å². The van der Waals surface area contributed by atoms with Crippen LogP contribution >= 0.6 is 11.3 Å². The fourth-order valence-electron chi connectivity index (χ4n) is 2.75. The number of carbonyl (C=O) groups is 2. The summed E-state index contributed by atoms with van der Waals surface area (Å²) in [7, 11) is 0. The largest absolute Gasteiger partial charge is 0.352 e. The Morgan fingerprint density at radius 1 is 1.39 bits per heavy atom. The van der Waals surface area contributed by atoms with Crippen LogP contribution in [-0.4, -0.2) is 33.2 Å². The molecule has 2 amide bonds. The molecule has 1 aliphatic heterocycles. The van der Waals surface area contributed by atoms with Crippen molar-refractivity contribution in [1.82, 2.24) is 20.2 Å². The van der Waals surface area contributed by atoms with Crippen molar-refractivity contribution in [2.45, 2.75) is 32.4 Å². The highest BCUT2D eigenvalue weighted by molar-refractivity contribution is 7.07. The molecule has 23 heavy (non-hydrogen) atoms. The number of nitrogens with one attached hydrogen (secondary N) is 1. The lowest BCUT2D eigenvalue weighted by atomic mass is 10.1. The number of pyridine rings is 1. The Morgan fingerprint density at radius 3 is 2.91 bits per heavy atom. The standard InChI is InChI=1S/C16H18N4O2S/c1-11(21)17-7-12-4-5-13(18-8-12)15-3-2-6-20(15)16(22)14-9-23-10-19-14/h4-5,8-10,15H,2-3,6-7H2,1H3,(H,17,21). The van der Waals surface area contributed by atoms with Gasteiger partial charge in [-0.1, -0.05) is 6.07 Å². The van der Waals surface area contributed by atoms with Gasteiger partial charge in [0.15, 0.2) is 0 Å². The third-order valence-corrected chi connectivity index (χ3v) is 4.48. The maximum Gasteiger partial charge on any atom is 0.273 e. The van der Waals surface area contributed by atoms with Gasteiger partial charge in [0.2, 0.25) is 5.91 Å². The summed E-state index contributed by atoms with van der Waals surface area (Å²) in [6, 6.07) is 3.88. The lowest BCUT2D eigenvalue weighted by molar-refractivity contribution is -0.119. The number of aromatic nitrogens is 2. The molecule has 1 saturated heterocycles. The second kappa shape index (κ2) is 6.87. The second-order valence-corrected chi connectivity index (χ2v) is 6.25. The van der Waals surface area contributed by atoms with E-state index in [4.69, 9.17) is 0 Å². The maximum absolute atomic E-state index is 12.5. The smallest absolute Gasteiger partial charge is 0.273 e. The van der Waals surface area contributed by atoms with E-state index in [9.17, 15) is 9.59 Å². The molecule has 3 heterocycles. The van der Waals surface area contributed by atoms with Crippen LogP contribution in [0.5, 0.6) is 0 Å². The van der Waals surface area contributed by atoms with E-state index in [-0.39, 0.29) is 17.9 Å². The number of thiazole rings is 1. The van der Waals surface area contributed by atoms with Crippen LogP contribution in [0.1, 0.15) is 47.6 Å². The fraction of sp³-hybridized carbons (Fsp3) is 0.375. The molecule has 1 unspecified atom stereocenters. The second-order valence-electron chi connectivity index (χ2n) is 5.53. The van der Waals surface area contributed by atoms with Crippen LogP contribution < -0.4 is 5.32 Å². The van der Waals surface area contributed by atoms with Gasteiger partial charge in [0.1, 0.15) is 5.69 Å². The predicted molar refractivity (Wildman–Crippen MR) is 86.9 cm³/mol. The average molecular weight is 330 g/mol. The van der Waals surface area contributed by atoms with Crippen LogP contribution in [0.3, 0.4) is 0 Å². The van der Waals surface area contributed by atoms with E-state index < -0.39 is 0 Å². The van der Waals surface area contributed by atoms with Crippen LogP contribution in [0, 0.1) is 0 Å². The summed E-state index contributed by atoms with van der Waals surface area (Å²) in [5, 5.41) is 4.53. The summed E-state index contributed by atoms with van der Waals surface area (Å²) in [5.41, 5.74) is 4.01. The van der Waals surface area contributed by atoms with E-state index in [1.54, 1.807) is 17.1 Å². The fourth-order valence-corrected chi connectivity index (χ4v) is 3.27. The van der Waals surface area contributed by atoms with Gasteiger partial charge in [-0.25, -0.2) is 4.98 Å². The maximum atomic E-state index is 12.5. The van der Waals surface area contributed by atoms with Crippen LogP contribution in [0.2, 0.25) is 0 Å². The number of amides is 2. The topological polar surface area (TPSA) is 75.2 Å². The molecule has 0 bridgehead atoms. The van der Waals surface area contributed by atoms with Gasteiger partial charge in [0.05, 0.1) is 17.2 Å². The molecule has 2 aromatic heterocycles. The number of likely N-dealkylation sites (tertiary alicyclic amines) is 1. The van der Waals surface area contributed by atoms with Crippen molar-refractivity contribution >= 4 is 23.2 Å². The molecular weight excluding hydrogens is 312 g/mol. The highest BCUT2D eigenvalue weighted by Gasteiger charge is 2.32. The molecule has 7 heteroatoms. The summed E-state index contributed by atoms with van der Waals surface area (Å²) in [6.45, 7) is 2.69. The quantitative estimate of drug-likeness (QED) is 0.932. The Kier molecular flexibility index (Phi) is 4.66. The van der Waals surface area contributed by atoms with Gasteiger partial charge in [0, 0.05) is 31.6 Å². The van der Waals surface area contributed by atoms with Crippen molar-refractivity contribution in [3.05, 3.63) is 46.2 Å². The molecule has 6 nitrogen and oxygen atoms in total. The molecule has 0 aromatic carbocycles. The Balaban J connectivity index is 1.72. The van der Waals surface area contributed by atoms with Gasteiger partial charge >= 0.3 is 0 Å². The molecule has 1 fully saturated rings. The molecule has 1 atom stereocenters. The summed E-state index contributed by atoms with van der Waals surface area (Å²) in [5.74, 6) is -0.0947. The highest BCUT2D eigenvalue weighted by Crippen LogP contribution is 2.32. The molecule has 3 rings (SSSR count). The first-order chi connectivity index (χ1) is 11.1. The van der Waals surface area contributed by atoms with Crippen LogP contribution in [0.25, 0.3) is 0 Å². The normalized spacial score (nSPS) is 17.3. The zero-order chi connectivity index (χ0) is 16.2. The number of nitrogens with zero attached hydrogens (tertiary/aromatic N) is 3.